The number of benzene rings is 2. The second-order valence-electron chi connectivity index (χ2n) is 5.92. The first-order valence-corrected chi connectivity index (χ1v) is 7.95. The van der Waals surface area contributed by atoms with Crippen LogP contribution in [0.1, 0.15) is 16.8 Å². The van der Waals surface area contributed by atoms with Gasteiger partial charge in [0.25, 0.3) is 0 Å². The summed E-state index contributed by atoms with van der Waals surface area (Å²) in [6.45, 7) is -0.375. The lowest BCUT2D eigenvalue weighted by atomic mass is 10.1. The first kappa shape index (κ1) is 17.7. The van der Waals surface area contributed by atoms with Crippen molar-refractivity contribution < 1.29 is 27.9 Å². The maximum Gasteiger partial charge on any atom is 0.311 e. The average Bonchev–Trinajstić information content (AvgIpc) is 3.02. The highest BCUT2D eigenvalue weighted by Crippen LogP contribution is 2.26. The number of halogens is 2. The Labute approximate surface area is 148 Å². The fraction of sp³-hybridized carbons (Fsp3) is 0.211. The number of rotatable bonds is 5. The third-order valence-electron chi connectivity index (χ3n) is 4.11. The van der Waals surface area contributed by atoms with E-state index in [4.69, 9.17) is 4.74 Å². The van der Waals surface area contributed by atoms with Gasteiger partial charge in [0.05, 0.1) is 5.92 Å². The second-order valence-corrected chi connectivity index (χ2v) is 5.92. The third-order valence-corrected chi connectivity index (χ3v) is 4.11. The van der Waals surface area contributed by atoms with E-state index in [1.54, 1.807) is 0 Å². The van der Waals surface area contributed by atoms with E-state index >= 15 is 0 Å². The van der Waals surface area contributed by atoms with E-state index in [-0.39, 0.29) is 24.4 Å². The fourth-order valence-electron chi connectivity index (χ4n) is 2.71. The molecular formula is C19H15F2NO4. The van der Waals surface area contributed by atoms with Crippen LogP contribution in [0.4, 0.5) is 14.5 Å². The molecule has 1 aliphatic heterocycles. The Morgan fingerprint density at radius 1 is 1.00 bits per heavy atom. The lowest BCUT2D eigenvalue weighted by Crippen LogP contribution is -2.27. The number of anilines is 1. The van der Waals surface area contributed by atoms with Crippen LogP contribution < -0.4 is 4.90 Å². The number of amides is 1. The number of carbonyl (C=O) groups is 3. The number of ether oxygens (including phenoxy) is 1. The lowest BCUT2D eigenvalue weighted by Gasteiger charge is -2.16. The molecule has 0 saturated carbocycles. The maximum atomic E-state index is 13.0. The number of hydrogen-bond acceptors (Lipinski definition) is 4. The molecule has 0 bridgehead atoms. The van der Waals surface area contributed by atoms with Crippen LogP contribution in [0.5, 0.6) is 0 Å². The van der Waals surface area contributed by atoms with Gasteiger partial charge in [-0.2, -0.15) is 0 Å². The number of ketones is 1. The van der Waals surface area contributed by atoms with Gasteiger partial charge < -0.3 is 9.64 Å². The molecule has 0 spiro atoms. The number of esters is 1. The highest BCUT2D eigenvalue weighted by molar-refractivity contribution is 6.01. The Morgan fingerprint density at radius 2 is 1.58 bits per heavy atom. The quantitative estimate of drug-likeness (QED) is 0.608. The second kappa shape index (κ2) is 7.43. The zero-order chi connectivity index (χ0) is 18.7. The lowest BCUT2D eigenvalue weighted by molar-refractivity contribution is -0.147. The normalized spacial score (nSPS) is 16.6. The number of nitrogens with zero attached hydrogens (tertiary/aromatic N) is 1. The van der Waals surface area contributed by atoms with Crippen molar-refractivity contribution in [3.05, 3.63) is 65.7 Å². The highest BCUT2D eigenvalue weighted by atomic mass is 19.1. The summed E-state index contributed by atoms with van der Waals surface area (Å²) in [7, 11) is 0. The Balaban J connectivity index is 1.57. The van der Waals surface area contributed by atoms with Crippen molar-refractivity contribution in [2.45, 2.75) is 6.42 Å². The summed E-state index contributed by atoms with van der Waals surface area (Å²) >= 11 is 0. The molecule has 1 heterocycles. The van der Waals surface area contributed by atoms with Crippen molar-refractivity contribution in [2.24, 2.45) is 5.92 Å². The fourth-order valence-corrected chi connectivity index (χ4v) is 2.71. The molecule has 1 saturated heterocycles. The first-order valence-electron chi connectivity index (χ1n) is 7.95. The largest absolute Gasteiger partial charge is 0.457 e. The van der Waals surface area contributed by atoms with E-state index in [0.29, 0.717) is 5.69 Å². The van der Waals surface area contributed by atoms with Gasteiger partial charge in [-0.25, -0.2) is 8.78 Å². The third kappa shape index (κ3) is 3.93. The van der Waals surface area contributed by atoms with E-state index < -0.39 is 35.9 Å². The molecular weight excluding hydrogens is 344 g/mol. The maximum absolute atomic E-state index is 13.0. The number of Topliss-reactive ketones (excluding diaryl/α,β-unsaturated/α-hetero) is 1. The predicted molar refractivity (Wildman–Crippen MR) is 88.5 cm³/mol. The van der Waals surface area contributed by atoms with Gasteiger partial charge in [0.1, 0.15) is 11.6 Å². The van der Waals surface area contributed by atoms with Gasteiger partial charge >= 0.3 is 5.97 Å². The molecule has 134 valence electrons. The van der Waals surface area contributed by atoms with Crippen LogP contribution in [0, 0.1) is 17.6 Å². The molecule has 1 fully saturated rings. The molecule has 7 heteroatoms. The Kier molecular flexibility index (Phi) is 5.06. The molecule has 5 nitrogen and oxygen atoms in total. The van der Waals surface area contributed by atoms with Gasteiger partial charge in [0.2, 0.25) is 5.91 Å². The zero-order valence-corrected chi connectivity index (χ0v) is 13.7. The van der Waals surface area contributed by atoms with Gasteiger partial charge in [-0.15, -0.1) is 0 Å². The van der Waals surface area contributed by atoms with E-state index in [9.17, 15) is 23.2 Å². The molecule has 1 aliphatic rings. The summed E-state index contributed by atoms with van der Waals surface area (Å²) in [5.74, 6) is -2.98. The number of carbonyl (C=O) groups excluding carboxylic acids is 3. The summed E-state index contributed by atoms with van der Waals surface area (Å²) in [5.41, 5.74) is 0.726. The first-order chi connectivity index (χ1) is 12.4. The van der Waals surface area contributed by atoms with Crippen molar-refractivity contribution in [1.82, 2.24) is 0 Å². The van der Waals surface area contributed by atoms with Crippen molar-refractivity contribution >= 4 is 23.3 Å². The Bertz CT molecular complexity index is 834. The van der Waals surface area contributed by atoms with Crippen LogP contribution >= 0.6 is 0 Å². The molecule has 0 aliphatic carbocycles. The molecule has 2 aromatic rings. The summed E-state index contributed by atoms with van der Waals surface area (Å²) in [6, 6.07) is 10.3. The van der Waals surface area contributed by atoms with Gasteiger partial charge in [-0.05, 0) is 48.5 Å². The minimum atomic E-state index is -0.700. The standard InChI is InChI=1S/C19H15F2NO4/c20-14-3-1-12(2-4-14)17(23)11-26-19(25)13-9-18(24)22(10-13)16-7-5-15(21)6-8-16/h1-8,13H,9-11H2/t13-/m1/s1. The van der Waals surface area contributed by atoms with Crippen molar-refractivity contribution in [3.63, 3.8) is 0 Å². The summed E-state index contributed by atoms with van der Waals surface area (Å²) in [5, 5.41) is 0. The van der Waals surface area contributed by atoms with Gasteiger partial charge in [0.15, 0.2) is 12.4 Å². The SMILES string of the molecule is O=C(COC(=O)[C@@H]1CC(=O)N(c2ccc(F)cc2)C1)c1ccc(F)cc1. The molecule has 1 amide bonds. The van der Waals surface area contributed by atoms with Crippen LogP contribution in [0.3, 0.4) is 0 Å². The minimum Gasteiger partial charge on any atom is -0.457 e. The molecule has 0 unspecified atom stereocenters. The van der Waals surface area contributed by atoms with Crippen LogP contribution in [0.2, 0.25) is 0 Å². The van der Waals surface area contributed by atoms with E-state index in [2.05, 4.69) is 0 Å². The van der Waals surface area contributed by atoms with Crippen molar-refractivity contribution in [3.8, 4) is 0 Å². The molecule has 0 aromatic heterocycles. The Hall–Kier alpha value is -3.09. The predicted octanol–water partition coefficient (Wildman–Crippen LogP) is 2.74. The van der Waals surface area contributed by atoms with Gasteiger partial charge in [-0.1, -0.05) is 0 Å². The zero-order valence-electron chi connectivity index (χ0n) is 13.7. The van der Waals surface area contributed by atoms with Crippen LogP contribution in [0.15, 0.2) is 48.5 Å². The van der Waals surface area contributed by atoms with E-state index in [0.717, 1.165) is 12.1 Å². The molecule has 0 N–H and O–H groups in total. The molecule has 0 radical (unpaired) electrons. The molecule has 26 heavy (non-hydrogen) atoms. The van der Waals surface area contributed by atoms with Gasteiger partial charge in [-0.3, -0.25) is 14.4 Å². The summed E-state index contributed by atoms with van der Waals surface area (Å²) in [4.78, 5) is 37.6. The van der Waals surface area contributed by atoms with Crippen LogP contribution in [-0.2, 0) is 14.3 Å². The van der Waals surface area contributed by atoms with Crippen LogP contribution in [-0.4, -0.2) is 30.8 Å². The van der Waals surface area contributed by atoms with Crippen molar-refractivity contribution in [1.29, 1.82) is 0 Å². The topological polar surface area (TPSA) is 63.7 Å². The molecule has 1 atom stereocenters. The smallest absolute Gasteiger partial charge is 0.311 e. The van der Waals surface area contributed by atoms with E-state index in [1.807, 2.05) is 0 Å². The summed E-state index contributed by atoms with van der Waals surface area (Å²) in [6.07, 6.45) is -0.0407. The highest BCUT2D eigenvalue weighted by Gasteiger charge is 2.36. The molecule has 2 aromatic carbocycles. The molecule has 3 rings (SSSR count). The van der Waals surface area contributed by atoms with E-state index in [1.165, 1.54) is 41.3 Å². The van der Waals surface area contributed by atoms with Gasteiger partial charge in [0, 0.05) is 24.2 Å². The average molecular weight is 359 g/mol. The monoisotopic (exact) mass is 359 g/mol. The summed E-state index contributed by atoms with van der Waals surface area (Å²) < 4.78 is 30.8. The van der Waals surface area contributed by atoms with Crippen molar-refractivity contribution in [2.75, 3.05) is 18.1 Å². The Morgan fingerprint density at radius 3 is 2.19 bits per heavy atom. The number of hydrogen-bond donors (Lipinski definition) is 0. The minimum absolute atomic E-state index is 0.0407. The van der Waals surface area contributed by atoms with Crippen LogP contribution in [0.25, 0.3) is 0 Å².